The number of carbonyl (C=O) groups is 4. The van der Waals surface area contributed by atoms with Crippen LogP contribution < -0.4 is 0 Å². The number of hydrogen-bond acceptors (Lipinski definition) is 7. The molecule has 2 heterocycles. The summed E-state index contributed by atoms with van der Waals surface area (Å²) in [6.07, 6.45) is 19.0. The van der Waals surface area contributed by atoms with Crippen molar-refractivity contribution < 1.29 is 33.4 Å². The van der Waals surface area contributed by atoms with E-state index in [4.69, 9.17) is 14.2 Å². The van der Waals surface area contributed by atoms with Crippen LogP contribution >= 0.6 is 0 Å². The summed E-state index contributed by atoms with van der Waals surface area (Å²) < 4.78 is 16.9. The standard InChI is InChI=1S/C36H48N2O7/c1-3-5-11-35-13-9-25(23-35)27-29(35)33(41)37(31(27)39)15-7-17-43-19-21-45-22-20-44-18-8-16-38-32(40)28-26-10-14-36(24-26,12-6-4-2)30(28)34(38)42/h3-4,9-10,13-14,25-30H,1-2,5-8,11-12,15-24H2. The van der Waals surface area contributed by atoms with Gasteiger partial charge in [0.2, 0.25) is 23.6 Å². The van der Waals surface area contributed by atoms with Crippen LogP contribution in [0.1, 0.15) is 51.4 Å². The van der Waals surface area contributed by atoms with Gasteiger partial charge in [0.15, 0.2) is 0 Å². The van der Waals surface area contributed by atoms with Crippen LogP contribution in [0.3, 0.4) is 0 Å². The Bertz CT molecular complexity index is 1170. The van der Waals surface area contributed by atoms with Crippen molar-refractivity contribution in [2.45, 2.75) is 51.4 Å². The van der Waals surface area contributed by atoms with Crippen LogP contribution in [-0.2, 0) is 33.4 Å². The average molecular weight is 621 g/mol. The molecule has 0 aromatic heterocycles. The van der Waals surface area contributed by atoms with Gasteiger partial charge in [-0.1, -0.05) is 36.5 Å². The second-order valence-corrected chi connectivity index (χ2v) is 13.8. The number of hydrogen-bond donors (Lipinski definition) is 0. The molecule has 0 aromatic rings. The molecule has 2 aliphatic heterocycles. The zero-order valence-corrected chi connectivity index (χ0v) is 26.4. The average Bonchev–Trinajstić information content (AvgIpc) is 3.87. The molecule has 2 saturated carbocycles. The molecule has 4 bridgehead atoms. The summed E-state index contributed by atoms with van der Waals surface area (Å²) in [5.74, 6) is -0.493. The van der Waals surface area contributed by atoms with Crippen molar-refractivity contribution in [1.29, 1.82) is 0 Å². The molecule has 6 aliphatic rings. The van der Waals surface area contributed by atoms with E-state index in [1.807, 2.05) is 12.2 Å². The van der Waals surface area contributed by atoms with Gasteiger partial charge in [-0.05, 0) is 63.2 Å². The van der Waals surface area contributed by atoms with Gasteiger partial charge in [0.1, 0.15) is 0 Å². The van der Waals surface area contributed by atoms with Crippen molar-refractivity contribution in [3.05, 3.63) is 49.6 Å². The lowest BCUT2D eigenvalue weighted by Crippen LogP contribution is -2.36. The van der Waals surface area contributed by atoms with Gasteiger partial charge in [-0.25, -0.2) is 0 Å². The lowest BCUT2D eigenvalue weighted by Gasteiger charge is -2.30. The van der Waals surface area contributed by atoms with Crippen LogP contribution in [0.2, 0.25) is 0 Å². The van der Waals surface area contributed by atoms with Gasteiger partial charge in [-0.2, -0.15) is 0 Å². The molecule has 4 fully saturated rings. The molecule has 9 heteroatoms. The third kappa shape index (κ3) is 5.69. The molecule has 244 valence electrons. The molecule has 8 unspecified atom stereocenters. The van der Waals surface area contributed by atoms with Crippen LogP contribution in [0.5, 0.6) is 0 Å². The first-order chi connectivity index (χ1) is 21.9. The van der Waals surface area contributed by atoms with Gasteiger partial charge in [0.25, 0.3) is 0 Å². The number of likely N-dealkylation sites (tertiary alicyclic amines) is 2. The van der Waals surface area contributed by atoms with E-state index >= 15 is 0 Å². The summed E-state index contributed by atoms with van der Waals surface area (Å²) >= 11 is 0. The Morgan fingerprint density at radius 1 is 0.644 bits per heavy atom. The van der Waals surface area contributed by atoms with E-state index < -0.39 is 0 Å². The highest BCUT2D eigenvalue weighted by molar-refractivity contribution is 6.07. The molecule has 0 spiro atoms. The minimum atomic E-state index is -0.214. The number of allylic oxidation sites excluding steroid dienone is 6. The highest BCUT2D eigenvalue weighted by Crippen LogP contribution is 2.63. The van der Waals surface area contributed by atoms with Crippen LogP contribution in [0.15, 0.2) is 49.6 Å². The van der Waals surface area contributed by atoms with Crippen molar-refractivity contribution >= 4 is 23.6 Å². The zero-order valence-electron chi connectivity index (χ0n) is 26.4. The fourth-order valence-electron chi connectivity index (χ4n) is 9.36. The predicted octanol–water partition coefficient (Wildman–Crippen LogP) is 4.10. The first-order valence-corrected chi connectivity index (χ1v) is 16.9. The summed E-state index contributed by atoms with van der Waals surface area (Å²) in [6.45, 7) is 11.1. The fourth-order valence-corrected chi connectivity index (χ4v) is 9.36. The van der Waals surface area contributed by atoms with Gasteiger partial charge in [0, 0.05) is 37.1 Å². The Kier molecular flexibility index (Phi) is 9.60. The van der Waals surface area contributed by atoms with Gasteiger partial charge < -0.3 is 14.2 Å². The summed E-state index contributed by atoms with van der Waals surface area (Å²) in [4.78, 5) is 55.6. The molecular weight excluding hydrogens is 572 g/mol. The van der Waals surface area contributed by atoms with Gasteiger partial charge >= 0.3 is 0 Å². The minimum absolute atomic E-state index is 0.0118. The Hall–Kier alpha value is -2.88. The number of imide groups is 2. The maximum Gasteiger partial charge on any atom is 0.233 e. The van der Waals surface area contributed by atoms with Crippen LogP contribution in [-0.4, -0.2) is 86.2 Å². The van der Waals surface area contributed by atoms with E-state index in [1.54, 1.807) is 0 Å². The maximum absolute atomic E-state index is 13.2. The van der Waals surface area contributed by atoms with Crippen molar-refractivity contribution in [2.24, 2.45) is 46.3 Å². The largest absolute Gasteiger partial charge is 0.379 e. The van der Waals surface area contributed by atoms with Crippen molar-refractivity contribution in [3.63, 3.8) is 0 Å². The number of carbonyl (C=O) groups excluding carboxylic acids is 4. The molecule has 45 heavy (non-hydrogen) atoms. The first-order valence-electron chi connectivity index (χ1n) is 16.9. The Labute approximate surface area is 266 Å². The second-order valence-electron chi connectivity index (χ2n) is 13.8. The highest BCUT2D eigenvalue weighted by atomic mass is 16.5. The Morgan fingerprint density at radius 3 is 1.44 bits per heavy atom. The predicted molar refractivity (Wildman–Crippen MR) is 167 cm³/mol. The number of amides is 4. The third-order valence-corrected chi connectivity index (χ3v) is 11.3. The summed E-state index contributed by atoms with van der Waals surface area (Å²) in [7, 11) is 0. The molecule has 8 atom stereocenters. The van der Waals surface area contributed by atoms with Gasteiger partial charge in [-0.3, -0.25) is 29.0 Å². The first kappa shape index (κ1) is 32.1. The summed E-state index contributed by atoms with van der Waals surface area (Å²) in [5, 5.41) is 0. The van der Waals surface area contributed by atoms with E-state index in [1.165, 1.54) is 9.80 Å². The molecular formula is C36H48N2O7. The molecule has 0 N–H and O–H groups in total. The molecule has 2 saturated heterocycles. The van der Waals surface area contributed by atoms with Gasteiger partial charge in [0.05, 0.1) is 50.1 Å². The number of fused-ring (bicyclic) bond motifs is 10. The number of rotatable bonds is 20. The molecule has 4 aliphatic carbocycles. The fraction of sp³-hybridized carbons (Fsp3) is 0.667. The Morgan fingerprint density at radius 2 is 1.04 bits per heavy atom. The van der Waals surface area contributed by atoms with Crippen molar-refractivity contribution in [3.8, 4) is 0 Å². The second kappa shape index (κ2) is 13.5. The van der Waals surface area contributed by atoms with E-state index in [2.05, 4.69) is 37.5 Å². The van der Waals surface area contributed by atoms with Gasteiger partial charge in [-0.15, -0.1) is 13.2 Å². The normalized spacial score (nSPS) is 35.4. The third-order valence-electron chi connectivity index (χ3n) is 11.3. The van der Waals surface area contributed by atoms with Crippen LogP contribution in [0.25, 0.3) is 0 Å². The molecule has 0 radical (unpaired) electrons. The molecule has 4 amide bonds. The Balaban J connectivity index is 0.795. The SMILES string of the molecule is C=CCCC12C=CC(C1)C1C(=O)N(CCCOCCOCCOCCCN3C(=O)C4C5C=CC(CCC=C)(C5)C4C3=O)C(=O)C12. The smallest absolute Gasteiger partial charge is 0.233 e. The lowest BCUT2D eigenvalue weighted by atomic mass is 9.72. The van der Waals surface area contributed by atoms with E-state index in [9.17, 15) is 19.2 Å². The molecule has 6 rings (SSSR count). The minimum Gasteiger partial charge on any atom is -0.379 e. The van der Waals surface area contributed by atoms with Crippen LogP contribution in [0.4, 0.5) is 0 Å². The zero-order chi connectivity index (χ0) is 31.6. The van der Waals surface area contributed by atoms with E-state index in [0.717, 1.165) is 38.5 Å². The van der Waals surface area contributed by atoms with E-state index in [-0.39, 0.29) is 70.0 Å². The quantitative estimate of drug-likeness (QED) is 0.115. The topological polar surface area (TPSA) is 102 Å². The van der Waals surface area contributed by atoms with Crippen molar-refractivity contribution in [2.75, 3.05) is 52.7 Å². The number of nitrogens with zero attached hydrogens (tertiary/aromatic N) is 2. The number of ether oxygens (including phenoxy) is 3. The maximum atomic E-state index is 13.2. The van der Waals surface area contributed by atoms with E-state index in [0.29, 0.717) is 65.6 Å². The molecule has 0 aromatic carbocycles. The molecule has 9 nitrogen and oxygen atoms in total. The van der Waals surface area contributed by atoms with Crippen molar-refractivity contribution in [1.82, 2.24) is 9.80 Å². The summed E-state index contributed by atoms with van der Waals surface area (Å²) in [5.41, 5.74) is -0.360. The highest BCUT2D eigenvalue weighted by Gasteiger charge is 2.66. The van der Waals surface area contributed by atoms with Crippen LogP contribution in [0, 0.1) is 46.3 Å². The monoisotopic (exact) mass is 620 g/mol. The summed E-state index contributed by atoms with van der Waals surface area (Å²) in [6, 6.07) is 0. The lowest BCUT2D eigenvalue weighted by molar-refractivity contribution is -0.143.